The monoisotopic (exact) mass is 400 g/mol. The molecule has 0 fully saturated rings. The Morgan fingerprint density at radius 2 is 1.89 bits per heavy atom. The van der Waals surface area contributed by atoms with Crippen molar-refractivity contribution in [1.29, 1.82) is 0 Å². The zero-order chi connectivity index (χ0) is 19.4. The van der Waals surface area contributed by atoms with Crippen LogP contribution in [0.4, 0.5) is 11.6 Å². The highest BCUT2D eigenvalue weighted by atomic mass is 35.5. The van der Waals surface area contributed by atoms with Crippen LogP contribution in [0.2, 0.25) is 5.02 Å². The molecule has 0 aliphatic rings. The molecule has 3 rings (SSSR count). The molecule has 4 N–H and O–H groups in total. The summed E-state index contributed by atoms with van der Waals surface area (Å²) in [5.74, 6) is 1.16. The lowest BCUT2D eigenvalue weighted by Gasteiger charge is -2.09. The first-order chi connectivity index (χ1) is 12.9. The van der Waals surface area contributed by atoms with Crippen molar-refractivity contribution < 1.29 is 4.74 Å². The molecule has 0 spiro atoms. The number of aromatic nitrogens is 2. The minimum atomic E-state index is 0.0775. The first kappa shape index (κ1) is 18.8. The van der Waals surface area contributed by atoms with Crippen molar-refractivity contribution in [2.45, 2.75) is 6.92 Å². The maximum absolute atomic E-state index is 5.91. The molecule has 138 valence electrons. The molecule has 0 aliphatic heterocycles. The summed E-state index contributed by atoms with van der Waals surface area (Å²) in [6, 6.07) is 12.7. The van der Waals surface area contributed by atoms with Crippen molar-refractivity contribution in [2.24, 2.45) is 10.7 Å². The van der Waals surface area contributed by atoms with Gasteiger partial charge in [-0.05, 0) is 61.6 Å². The molecular weight excluding hydrogens is 384 g/mol. The van der Waals surface area contributed by atoms with Crippen LogP contribution in [0.15, 0.2) is 47.5 Å². The van der Waals surface area contributed by atoms with Gasteiger partial charge >= 0.3 is 0 Å². The summed E-state index contributed by atoms with van der Waals surface area (Å²) in [6.07, 6.45) is 0. The van der Waals surface area contributed by atoms with Crippen molar-refractivity contribution in [3.05, 3.63) is 53.2 Å². The lowest BCUT2D eigenvalue weighted by atomic mass is 10.2. The standard InChI is InChI=1S/C18H17ClN6OS/c1-10-14-9-13(26-2)7-8-15(14)23-17(21-10)24-16(20)25-18(27)22-12-5-3-11(19)4-6-12/h3-9H,1-2H3,(H4,20,21,22,23,24,25,27). The lowest BCUT2D eigenvalue weighted by molar-refractivity contribution is 0.415. The molecule has 0 aliphatic carbocycles. The number of halogens is 1. The quantitative estimate of drug-likeness (QED) is 0.350. The Labute approximate surface area is 166 Å². The largest absolute Gasteiger partial charge is 0.497 e. The number of aliphatic imine (C=N–C) groups is 1. The van der Waals surface area contributed by atoms with Crippen LogP contribution in [-0.2, 0) is 0 Å². The van der Waals surface area contributed by atoms with Gasteiger partial charge < -0.3 is 15.8 Å². The van der Waals surface area contributed by atoms with E-state index in [-0.39, 0.29) is 11.1 Å². The number of nitrogens with one attached hydrogen (secondary N) is 2. The van der Waals surface area contributed by atoms with Gasteiger partial charge in [0.1, 0.15) is 5.75 Å². The number of fused-ring (bicyclic) bond motifs is 1. The first-order valence-corrected chi connectivity index (χ1v) is 8.73. The number of rotatable bonds is 3. The topological polar surface area (TPSA) is 97.5 Å². The molecule has 0 bridgehead atoms. The van der Waals surface area contributed by atoms with Crippen LogP contribution in [0.25, 0.3) is 10.9 Å². The zero-order valence-corrected chi connectivity index (χ0v) is 16.2. The van der Waals surface area contributed by atoms with Crippen LogP contribution >= 0.6 is 23.8 Å². The number of benzene rings is 2. The van der Waals surface area contributed by atoms with E-state index < -0.39 is 0 Å². The van der Waals surface area contributed by atoms with Gasteiger partial charge in [0, 0.05) is 16.1 Å². The molecule has 9 heteroatoms. The van der Waals surface area contributed by atoms with Crippen molar-refractivity contribution in [1.82, 2.24) is 9.97 Å². The average Bonchev–Trinajstić information content (AvgIpc) is 2.63. The summed E-state index contributed by atoms with van der Waals surface area (Å²) >= 11 is 11.0. The number of ether oxygens (including phenoxy) is 1. The van der Waals surface area contributed by atoms with Gasteiger partial charge in [-0.3, -0.25) is 5.32 Å². The van der Waals surface area contributed by atoms with E-state index in [9.17, 15) is 0 Å². The summed E-state index contributed by atoms with van der Waals surface area (Å²) in [5, 5.41) is 7.54. The fourth-order valence-corrected chi connectivity index (χ4v) is 2.72. The number of aryl methyl sites for hydroxylation is 1. The number of nitrogens with zero attached hydrogens (tertiary/aromatic N) is 3. The molecule has 1 aromatic heterocycles. The Hall–Kier alpha value is -2.97. The van der Waals surface area contributed by atoms with Gasteiger partial charge in [-0.25, -0.2) is 9.97 Å². The van der Waals surface area contributed by atoms with Crippen molar-refractivity contribution in [3.63, 3.8) is 0 Å². The van der Waals surface area contributed by atoms with Gasteiger partial charge in [0.25, 0.3) is 0 Å². The normalized spacial score (nSPS) is 11.3. The summed E-state index contributed by atoms with van der Waals surface area (Å²) in [4.78, 5) is 12.9. The van der Waals surface area contributed by atoms with Crippen LogP contribution in [0.1, 0.15) is 5.69 Å². The smallest absolute Gasteiger partial charge is 0.230 e. The van der Waals surface area contributed by atoms with E-state index >= 15 is 0 Å². The van der Waals surface area contributed by atoms with E-state index in [0.717, 1.165) is 28.0 Å². The zero-order valence-electron chi connectivity index (χ0n) is 14.7. The Bertz CT molecular complexity index is 1020. The maximum Gasteiger partial charge on any atom is 0.230 e. The first-order valence-electron chi connectivity index (χ1n) is 7.95. The minimum absolute atomic E-state index is 0.0775. The van der Waals surface area contributed by atoms with Crippen LogP contribution < -0.4 is 21.1 Å². The third-order valence-corrected chi connectivity index (χ3v) is 4.10. The molecule has 0 saturated heterocycles. The predicted octanol–water partition coefficient (Wildman–Crippen LogP) is 3.72. The SMILES string of the molecule is COc1ccc2nc(NC(N)=NC(=S)Nc3ccc(Cl)cc3)nc(C)c2c1. The van der Waals surface area contributed by atoms with Crippen molar-refractivity contribution >= 4 is 57.4 Å². The fraction of sp³-hybridized carbons (Fsp3) is 0.111. The number of hydrogen-bond donors (Lipinski definition) is 3. The van der Waals surface area contributed by atoms with E-state index in [4.69, 9.17) is 34.3 Å². The minimum Gasteiger partial charge on any atom is -0.497 e. The van der Waals surface area contributed by atoms with Crippen LogP contribution in [0.5, 0.6) is 5.75 Å². The molecule has 7 nitrogen and oxygen atoms in total. The maximum atomic E-state index is 5.91. The number of thiocarbonyl (C=S) groups is 1. The van der Waals surface area contributed by atoms with Crippen LogP contribution in [-0.4, -0.2) is 28.1 Å². The Kier molecular flexibility index (Phi) is 5.68. The second-order valence-corrected chi connectivity index (χ2v) is 6.40. The van der Waals surface area contributed by atoms with Gasteiger partial charge in [0.2, 0.25) is 17.0 Å². The summed E-state index contributed by atoms with van der Waals surface area (Å²) in [6.45, 7) is 1.88. The number of guanidine groups is 1. The molecular formula is C18H17ClN6OS. The Balaban J connectivity index is 1.74. The van der Waals surface area contributed by atoms with E-state index in [2.05, 4.69) is 25.6 Å². The highest BCUT2D eigenvalue weighted by Gasteiger charge is 2.07. The van der Waals surface area contributed by atoms with Crippen LogP contribution in [0, 0.1) is 6.92 Å². The van der Waals surface area contributed by atoms with Gasteiger partial charge in [-0.1, -0.05) is 11.6 Å². The molecule has 0 radical (unpaired) electrons. The third-order valence-electron chi connectivity index (χ3n) is 3.65. The number of nitrogens with two attached hydrogens (primary N) is 1. The van der Waals surface area contributed by atoms with Crippen LogP contribution in [0.3, 0.4) is 0 Å². The van der Waals surface area contributed by atoms with E-state index in [1.54, 1.807) is 31.4 Å². The second-order valence-electron chi connectivity index (χ2n) is 5.57. The molecule has 3 aromatic rings. The van der Waals surface area contributed by atoms with Gasteiger partial charge in [0.15, 0.2) is 0 Å². The Morgan fingerprint density at radius 1 is 1.15 bits per heavy atom. The predicted molar refractivity (Wildman–Crippen MR) is 114 cm³/mol. The summed E-state index contributed by atoms with van der Waals surface area (Å²) in [5.41, 5.74) is 8.22. The average molecular weight is 401 g/mol. The van der Waals surface area contributed by atoms with Gasteiger partial charge in [-0.15, -0.1) is 0 Å². The summed E-state index contributed by atoms with van der Waals surface area (Å²) < 4.78 is 5.23. The number of hydrogen-bond acceptors (Lipinski definition) is 4. The van der Waals surface area contributed by atoms with Gasteiger partial charge in [0.05, 0.1) is 18.3 Å². The van der Waals surface area contributed by atoms with E-state index in [1.807, 2.05) is 25.1 Å². The Morgan fingerprint density at radius 3 is 2.59 bits per heavy atom. The number of methoxy groups -OCH3 is 1. The highest BCUT2D eigenvalue weighted by molar-refractivity contribution is 7.80. The number of anilines is 2. The van der Waals surface area contributed by atoms with Crippen molar-refractivity contribution in [3.8, 4) is 5.75 Å². The van der Waals surface area contributed by atoms with E-state index in [0.29, 0.717) is 11.0 Å². The highest BCUT2D eigenvalue weighted by Crippen LogP contribution is 2.22. The lowest BCUT2D eigenvalue weighted by Crippen LogP contribution is -2.26. The third kappa shape index (κ3) is 4.81. The molecule has 0 amide bonds. The van der Waals surface area contributed by atoms with Crippen molar-refractivity contribution in [2.75, 3.05) is 17.7 Å². The fourth-order valence-electron chi connectivity index (χ4n) is 2.38. The molecule has 27 heavy (non-hydrogen) atoms. The molecule has 1 heterocycles. The second kappa shape index (κ2) is 8.15. The molecule has 0 saturated carbocycles. The van der Waals surface area contributed by atoms with E-state index in [1.165, 1.54) is 0 Å². The summed E-state index contributed by atoms with van der Waals surface area (Å²) in [7, 11) is 1.62. The molecule has 0 unspecified atom stereocenters. The van der Waals surface area contributed by atoms with Gasteiger partial charge in [-0.2, -0.15) is 4.99 Å². The molecule has 0 atom stereocenters. The molecule has 2 aromatic carbocycles.